The van der Waals surface area contributed by atoms with Gasteiger partial charge in [0.2, 0.25) is 5.91 Å². The van der Waals surface area contributed by atoms with Crippen molar-refractivity contribution in [2.24, 2.45) is 5.92 Å². The van der Waals surface area contributed by atoms with Crippen LogP contribution in [0.1, 0.15) is 13.8 Å². The van der Waals surface area contributed by atoms with Crippen molar-refractivity contribution in [1.29, 1.82) is 0 Å². The van der Waals surface area contributed by atoms with Gasteiger partial charge >= 0.3 is 0 Å². The van der Waals surface area contributed by atoms with Crippen molar-refractivity contribution in [3.63, 3.8) is 0 Å². The lowest BCUT2D eigenvalue weighted by Gasteiger charge is -2.18. The summed E-state index contributed by atoms with van der Waals surface area (Å²) in [6.45, 7) is 4.84. The number of carbonyl (C=O) groups excluding carboxylic acids is 1. The Morgan fingerprint density at radius 1 is 1.61 bits per heavy atom. The van der Waals surface area contributed by atoms with Crippen LogP contribution in [0.25, 0.3) is 0 Å². The first kappa shape index (κ1) is 14.7. The average molecular weight is 317 g/mol. The van der Waals surface area contributed by atoms with Crippen LogP contribution >= 0.6 is 15.9 Å². The average Bonchev–Trinajstić information content (AvgIpc) is 2.30. The summed E-state index contributed by atoms with van der Waals surface area (Å²) in [7, 11) is 1.71. The van der Waals surface area contributed by atoms with Gasteiger partial charge in [-0.3, -0.25) is 9.59 Å². The van der Waals surface area contributed by atoms with E-state index in [2.05, 4.69) is 31.2 Å². The van der Waals surface area contributed by atoms with Crippen molar-refractivity contribution in [3.8, 4) is 0 Å². The Labute approximate surface area is 114 Å². The predicted octanol–water partition coefficient (Wildman–Crippen LogP) is 0.741. The fourth-order valence-corrected chi connectivity index (χ4v) is 1.82. The van der Waals surface area contributed by atoms with Crippen molar-refractivity contribution < 1.29 is 4.79 Å². The lowest BCUT2D eigenvalue weighted by molar-refractivity contribution is -0.119. The van der Waals surface area contributed by atoms with Crippen LogP contribution in [-0.2, 0) is 4.79 Å². The summed E-state index contributed by atoms with van der Waals surface area (Å²) in [5, 5.41) is 2.81. The molecule has 1 rings (SSSR count). The highest BCUT2D eigenvalue weighted by molar-refractivity contribution is 9.10. The first-order valence-electron chi connectivity index (χ1n) is 5.62. The van der Waals surface area contributed by atoms with Crippen LogP contribution < -0.4 is 15.8 Å². The van der Waals surface area contributed by atoms with E-state index in [1.807, 2.05) is 13.8 Å². The fraction of sp³-hybridized carbons (Fsp3) is 0.545. The van der Waals surface area contributed by atoms with Gasteiger partial charge in [0.05, 0.1) is 12.9 Å². The smallest absolute Gasteiger partial charge is 0.267 e. The van der Waals surface area contributed by atoms with E-state index in [9.17, 15) is 9.59 Å². The van der Waals surface area contributed by atoms with Gasteiger partial charge in [0.15, 0.2) is 5.82 Å². The number of H-pyrrole nitrogens is 1. The molecule has 7 heteroatoms. The normalized spacial score (nSPS) is 10.5. The Hall–Kier alpha value is -1.37. The second-order valence-corrected chi connectivity index (χ2v) is 5.22. The van der Waals surface area contributed by atoms with Crippen molar-refractivity contribution >= 4 is 27.7 Å². The van der Waals surface area contributed by atoms with Crippen LogP contribution in [0.3, 0.4) is 0 Å². The van der Waals surface area contributed by atoms with E-state index in [0.717, 1.165) is 0 Å². The monoisotopic (exact) mass is 316 g/mol. The maximum absolute atomic E-state index is 11.6. The summed E-state index contributed by atoms with van der Waals surface area (Å²) < 4.78 is 0.323. The van der Waals surface area contributed by atoms with Crippen molar-refractivity contribution in [2.45, 2.75) is 13.8 Å². The Morgan fingerprint density at radius 2 is 2.28 bits per heavy atom. The SMILES string of the molecule is CC(C)CNC(=O)CN(C)c1nc[nH]c(=O)c1Br. The summed E-state index contributed by atoms with van der Waals surface area (Å²) >= 11 is 3.15. The van der Waals surface area contributed by atoms with Gasteiger partial charge in [-0.15, -0.1) is 0 Å². The number of likely N-dealkylation sites (N-methyl/N-ethyl adjacent to an activating group) is 1. The lowest BCUT2D eigenvalue weighted by atomic mass is 10.2. The summed E-state index contributed by atoms with van der Waals surface area (Å²) in [6, 6.07) is 0. The third kappa shape index (κ3) is 4.14. The predicted molar refractivity (Wildman–Crippen MR) is 73.7 cm³/mol. The number of aromatic nitrogens is 2. The highest BCUT2D eigenvalue weighted by atomic mass is 79.9. The highest BCUT2D eigenvalue weighted by Crippen LogP contribution is 2.16. The first-order valence-corrected chi connectivity index (χ1v) is 6.42. The van der Waals surface area contributed by atoms with Crippen LogP contribution in [0.15, 0.2) is 15.6 Å². The molecule has 1 heterocycles. The number of hydrogen-bond acceptors (Lipinski definition) is 4. The molecule has 1 aromatic rings. The summed E-state index contributed by atoms with van der Waals surface area (Å²) in [5.41, 5.74) is -0.269. The van der Waals surface area contributed by atoms with Gasteiger partial charge in [-0.2, -0.15) is 0 Å². The van der Waals surface area contributed by atoms with E-state index in [0.29, 0.717) is 22.8 Å². The van der Waals surface area contributed by atoms with Gasteiger partial charge in [-0.1, -0.05) is 13.8 Å². The third-order valence-corrected chi connectivity index (χ3v) is 2.94. The number of hydrogen-bond donors (Lipinski definition) is 2. The van der Waals surface area contributed by atoms with Gasteiger partial charge < -0.3 is 15.2 Å². The number of aromatic amines is 1. The fourth-order valence-electron chi connectivity index (χ4n) is 1.30. The number of carbonyl (C=O) groups is 1. The second kappa shape index (κ2) is 6.53. The van der Waals surface area contributed by atoms with Crippen molar-refractivity contribution in [2.75, 3.05) is 25.0 Å². The third-order valence-electron chi connectivity index (χ3n) is 2.23. The lowest BCUT2D eigenvalue weighted by Crippen LogP contribution is -2.37. The Balaban J connectivity index is 2.65. The molecule has 6 nitrogen and oxygen atoms in total. The highest BCUT2D eigenvalue weighted by Gasteiger charge is 2.13. The quantitative estimate of drug-likeness (QED) is 0.840. The molecule has 18 heavy (non-hydrogen) atoms. The molecule has 0 atom stereocenters. The topological polar surface area (TPSA) is 78.1 Å². The molecule has 0 aromatic carbocycles. The molecule has 0 saturated heterocycles. The molecule has 2 N–H and O–H groups in total. The van der Waals surface area contributed by atoms with Gasteiger partial charge in [-0.05, 0) is 21.8 Å². The molecule has 100 valence electrons. The maximum Gasteiger partial charge on any atom is 0.267 e. The Bertz CT molecular complexity index is 472. The number of anilines is 1. The molecule has 0 bridgehead atoms. The van der Waals surface area contributed by atoms with Crippen LogP contribution in [0.4, 0.5) is 5.82 Å². The second-order valence-electron chi connectivity index (χ2n) is 4.42. The minimum absolute atomic E-state index is 0.0971. The molecule has 0 fully saturated rings. The van der Waals surface area contributed by atoms with E-state index in [1.54, 1.807) is 11.9 Å². The van der Waals surface area contributed by atoms with Crippen molar-refractivity contribution in [3.05, 3.63) is 21.2 Å². The molecule has 1 aromatic heterocycles. The van der Waals surface area contributed by atoms with Crippen LogP contribution in [0.2, 0.25) is 0 Å². The van der Waals surface area contributed by atoms with Gasteiger partial charge in [0, 0.05) is 13.6 Å². The molecule has 0 unspecified atom stereocenters. The molecule has 0 aliphatic rings. The zero-order chi connectivity index (χ0) is 13.7. The summed E-state index contributed by atoms with van der Waals surface area (Å²) in [5.74, 6) is 0.752. The molecular formula is C11H17BrN4O2. The van der Waals surface area contributed by atoms with Gasteiger partial charge in [-0.25, -0.2) is 4.98 Å². The molecule has 0 radical (unpaired) electrons. The van der Waals surface area contributed by atoms with E-state index in [1.165, 1.54) is 6.33 Å². The van der Waals surface area contributed by atoms with Gasteiger partial charge in [0.1, 0.15) is 4.47 Å². The number of rotatable bonds is 5. The minimum atomic E-state index is -0.269. The number of nitrogens with one attached hydrogen (secondary N) is 2. The molecular weight excluding hydrogens is 300 g/mol. The number of halogens is 1. The van der Waals surface area contributed by atoms with E-state index in [-0.39, 0.29) is 18.0 Å². The minimum Gasteiger partial charge on any atom is -0.354 e. The van der Waals surface area contributed by atoms with E-state index >= 15 is 0 Å². The molecule has 0 aliphatic carbocycles. The molecule has 0 saturated carbocycles. The molecule has 1 amide bonds. The van der Waals surface area contributed by atoms with Crippen LogP contribution in [0.5, 0.6) is 0 Å². The first-order chi connectivity index (χ1) is 8.41. The van der Waals surface area contributed by atoms with E-state index < -0.39 is 0 Å². The zero-order valence-electron chi connectivity index (χ0n) is 10.7. The largest absolute Gasteiger partial charge is 0.354 e. The number of amides is 1. The maximum atomic E-state index is 11.6. The van der Waals surface area contributed by atoms with Crippen molar-refractivity contribution in [1.82, 2.24) is 15.3 Å². The Morgan fingerprint density at radius 3 is 2.89 bits per heavy atom. The van der Waals surface area contributed by atoms with Gasteiger partial charge in [0.25, 0.3) is 5.56 Å². The standard InChI is InChI=1S/C11H17BrN4O2/c1-7(2)4-13-8(17)5-16(3)10-9(12)11(18)15-6-14-10/h6-7H,4-5H2,1-3H3,(H,13,17)(H,14,15,18). The zero-order valence-corrected chi connectivity index (χ0v) is 12.2. The molecule has 0 spiro atoms. The summed E-state index contributed by atoms with van der Waals surface area (Å²) in [4.78, 5) is 31.1. The van der Waals surface area contributed by atoms with E-state index in [4.69, 9.17) is 0 Å². The van der Waals surface area contributed by atoms with Crippen LogP contribution in [0, 0.1) is 5.92 Å². The summed E-state index contributed by atoms with van der Waals surface area (Å²) in [6.07, 6.45) is 1.31. The van der Waals surface area contributed by atoms with Crippen LogP contribution in [-0.4, -0.2) is 36.0 Å². The Kier molecular flexibility index (Phi) is 5.33. The molecule has 0 aliphatic heterocycles. The number of nitrogens with zero attached hydrogens (tertiary/aromatic N) is 2.